The first-order valence-corrected chi connectivity index (χ1v) is 11.2. The number of nitrogens with one attached hydrogen (secondary N) is 1. The van der Waals surface area contributed by atoms with Crippen LogP contribution in [0.1, 0.15) is 18.5 Å². The van der Waals surface area contributed by atoms with Gasteiger partial charge in [0.25, 0.3) is 16.4 Å². The van der Waals surface area contributed by atoms with E-state index in [-0.39, 0.29) is 11.6 Å². The van der Waals surface area contributed by atoms with Gasteiger partial charge in [-0.05, 0) is 38.6 Å². The predicted molar refractivity (Wildman–Crippen MR) is 110 cm³/mol. The highest BCUT2D eigenvalue weighted by Crippen LogP contribution is 2.37. The van der Waals surface area contributed by atoms with Gasteiger partial charge in [0.1, 0.15) is 22.4 Å². The molecule has 1 N–H and O–H groups in total. The van der Waals surface area contributed by atoms with E-state index < -0.39 is 49.5 Å². The van der Waals surface area contributed by atoms with Crippen LogP contribution in [0.25, 0.3) is 0 Å². The first kappa shape index (κ1) is 23.6. The molecule has 1 aliphatic heterocycles. The summed E-state index contributed by atoms with van der Waals surface area (Å²) in [5, 5.41) is -0.526. The Balaban J connectivity index is 1.90. The molecule has 6 nitrogen and oxygen atoms in total. The molecular weight excluding hydrogens is 460 g/mol. The molecule has 1 aliphatic rings. The van der Waals surface area contributed by atoms with Gasteiger partial charge in [-0.1, -0.05) is 17.7 Å². The van der Waals surface area contributed by atoms with Crippen molar-refractivity contribution in [1.82, 2.24) is 9.88 Å². The van der Waals surface area contributed by atoms with Crippen LogP contribution in [0.5, 0.6) is 0 Å². The highest BCUT2D eigenvalue weighted by Gasteiger charge is 2.32. The lowest BCUT2D eigenvalue weighted by Crippen LogP contribution is -2.26. The molecule has 1 atom stereocenters. The molecule has 170 valence electrons. The zero-order valence-electron chi connectivity index (χ0n) is 16.7. The molecule has 0 saturated carbocycles. The summed E-state index contributed by atoms with van der Waals surface area (Å²) in [7, 11) is -0.975. The van der Waals surface area contributed by atoms with E-state index in [2.05, 4.69) is 4.98 Å². The summed E-state index contributed by atoms with van der Waals surface area (Å²) in [4.78, 5) is 5.87. The Morgan fingerprint density at radius 3 is 2.68 bits per heavy atom. The lowest BCUT2D eigenvalue weighted by molar-refractivity contribution is 0.146. The molecule has 1 aromatic carbocycles. The van der Waals surface area contributed by atoms with Crippen LogP contribution in [0, 0.1) is 17.6 Å². The van der Waals surface area contributed by atoms with Crippen molar-refractivity contribution >= 4 is 33.1 Å². The highest BCUT2D eigenvalue weighted by atomic mass is 35.5. The Hall–Kier alpha value is -2.11. The summed E-state index contributed by atoms with van der Waals surface area (Å²) in [6.45, 7) is 1.83. The summed E-state index contributed by atoms with van der Waals surface area (Å²) < 4.78 is 82.3. The summed E-state index contributed by atoms with van der Waals surface area (Å²) in [6, 6.07) is 4.10. The maximum Gasteiger partial charge on any atom is 0.280 e. The average Bonchev–Trinajstić information content (AvgIpc) is 3.11. The van der Waals surface area contributed by atoms with Crippen molar-refractivity contribution in [3.63, 3.8) is 0 Å². The minimum Gasteiger partial charge on any atom is -0.370 e. The number of halogens is 5. The fourth-order valence-corrected chi connectivity index (χ4v) is 5.05. The Morgan fingerprint density at radius 2 is 2.03 bits per heavy atom. The third kappa shape index (κ3) is 5.21. The van der Waals surface area contributed by atoms with Gasteiger partial charge in [-0.15, -0.1) is 0 Å². The van der Waals surface area contributed by atoms with Crippen molar-refractivity contribution < 1.29 is 26.0 Å². The van der Waals surface area contributed by atoms with Crippen molar-refractivity contribution in [3.8, 4) is 0 Å². The van der Waals surface area contributed by atoms with Crippen LogP contribution in [0.4, 0.5) is 29.1 Å². The first-order chi connectivity index (χ1) is 14.5. The standard InChI is InChI=1S/C19H21ClF4N4O2S/c1-27(2)9-11-6-7-28(10-11)14-8-12(21)18(17(22)16(14)20)31(29,30)26-15-5-3-4-13(25-15)19(23)24/h3-5,8,11,19H,6-7,9-10H2,1-2H3,(H,25,26). The normalized spacial score (nSPS) is 17.1. The van der Waals surface area contributed by atoms with Crippen molar-refractivity contribution in [2.24, 2.45) is 5.92 Å². The molecule has 0 amide bonds. The summed E-state index contributed by atoms with van der Waals surface area (Å²) in [5.74, 6) is -3.02. The Kier molecular flexibility index (Phi) is 6.97. The number of sulfonamides is 1. The molecule has 1 saturated heterocycles. The fraction of sp³-hybridized carbons (Fsp3) is 0.421. The van der Waals surface area contributed by atoms with E-state index in [0.717, 1.165) is 37.2 Å². The summed E-state index contributed by atoms with van der Waals surface area (Å²) >= 11 is 6.08. The van der Waals surface area contributed by atoms with Crippen LogP contribution in [-0.4, -0.2) is 52.0 Å². The molecule has 0 aliphatic carbocycles. The summed E-state index contributed by atoms with van der Waals surface area (Å²) in [5.41, 5.74) is -0.620. The lowest BCUT2D eigenvalue weighted by Gasteiger charge is -2.22. The van der Waals surface area contributed by atoms with E-state index in [0.29, 0.717) is 13.1 Å². The first-order valence-electron chi connectivity index (χ1n) is 9.34. The zero-order chi connectivity index (χ0) is 22.9. The number of benzene rings is 1. The molecule has 0 radical (unpaired) electrons. The number of hydrogen-bond acceptors (Lipinski definition) is 5. The molecule has 1 fully saturated rings. The Bertz CT molecular complexity index is 1070. The number of nitrogens with zero attached hydrogens (tertiary/aromatic N) is 3. The van der Waals surface area contributed by atoms with Gasteiger partial charge in [0.15, 0.2) is 10.7 Å². The van der Waals surface area contributed by atoms with Gasteiger partial charge in [0.05, 0.1) is 5.69 Å². The molecule has 0 spiro atoms. The van der Waals surface area contributed by atoms with Crippen LogP contribution in [0.2, 0.25) is 5.02 Å². The molecule has 1 unspecified atom stereocenters. The molecule has 2 heterocycles. The van der Waals surface area contributed by atoms with Gasteiger partial charge in [-0.2, -0.15) is 0 Å². The van der Waals surface area contributed by atoms with Crippen LogP contribution in [0.15, 0.2) is 29.2 Å². The van der Waals surface area contributed by atoms with Gasteiger partial charge in [0.2, 0.25) is 0 Å². The van der Waals surface area contributed by atoms with Crippen LogP contribution >= 0.6 is 11.6 Å². The molecule has 12 heteroatoms. The van der Waals surface area contributed by atoms with Crippen molar-refractivity contribution in [3.05, 3.63) is 46.6 Å². The zero-order valence-corrected chi connectivity index (χ0v) is 18.3. The number of alkyl halides is 2. The van der Waals surface area contributed by atoms with E-state index in [4.69, 9.17) is 11.6 Å². The van der Waals surface area contributed by atoms with E-state index in [1.54, 1.807) is 4.90 Å². The third-order valence-electron chi connectivity index (χ3n) is 4.85. The second kappa shape index (κ2) is 9.17. The number of rotatable bonds is 7. The van der Waals surface area contributed by atoms with Gasteiger partial charge < -0.3 is 9.80 Å². The topological polar surface area (TPSA) is 65.5 Å². The Labute approximate surface area is 182 Å². The smallest absolute Gasteiger partial charge is 0.280 e. The molecule has 1 aromatic heterocycles. The third-order valence-corrected chi connectivity index (χ3v) is 6.60. The fourth-order valence-electron chi connectivity index (χ4n) is 3.58. The van der Waals surface area contributed by atoms with Gasteiger partial charge in [0, 0.05) is 25.7 Å². The van der Waals surface area contributed by atoms with E-state index in [9.17, 15) is 26.0 Å². The van der Waals surface area contributed by atoms with Crippen LogP contribution in [-0.2, 0) is 10.0 Å². The maximum atomic E-state index is 14.9. The van der Waals surface area contributed by atoms with Crippen molar-refractivity contribution in [2.75, 3.05) is 43.4 Å². The summed E-state index contributed by atoms with van der Waals surface area (Å²) in [6.07, 6.45) is -2.14. The van der Waals surface area contributed by atoms with Gasteiger partial charge in [-0.25, -0.2) is 31.0 Å². The van der Waals surface area contributed by atoms with E-state index in [1.165, 1.54) is 0 Å². The second-order valence-corrected chi connectivity index (χ2v) is 9.55. The number of aromatic nitrogens is 1. The van der Waals surface area contributed by atoms with Crippen LogP contribution < -0.4 is 9.62 Å². The molecule has 0 bridgehead atoms. The lowest BCUT2D eigenvalue weighted by atomic mass is 10.1. The predicted octanol–water partition coefficient (Wildman–Crippen LogP) is 4.14. The Morgan fingerprint density at radius 1 is 1.32 bits per heavy atom. The number of hydrogen-bond donors (Lipinski definition) is 1. The number of pyridine rings is 1. The SMILES string of the molecule is CN(C)CC1CCN(c2cc(F)c(S(=O)(=O)Nc3cccc(C(F)F)n3)c(F)c2Cl)C1. The maximum absolute atomic E-state index is 14.9. The average molecular weight is 481 g/mol. The highest BCUT2D eigenvalue weighted by molar-refractivity contribution is 7.92. The minimum absolute atomic E-state index is 0.0645. The monoisotopic (exact) mass is 480 g/mol. The van der Waals surface area contributed by atoms with Gasteiger partial charge >= 0.3 is 0 Å². The molecular formula is C19H21ClF4N4O2S. The molecule has 31 heavy (non-hydrogen) atoms. The quantitative estimate of drug-likeness (QED) is 0.476. The second-order valence-electron chi connectivity index (χ2n) is 7.55. The van der Waals surface area contributed by atoms with Crippen molar-refractivity contribution in [1.29, 1.82) is 0 Å². The van der Waals surface area contributed by atoms with Gasteiger partial charge in [-0.3, -0.25) is 4.72 Å². The minimum atomic E-state index is -4.82. The van der Waals surface area contributed by atoms with E-state index in [1.807, 2.05) is 23.7 Å². The van der Waals surface area contributed by atoms with E-state index >= 15 is 0 Å². The largest absolute Gasteiger partial charge is 0.370 e. The van der Waals surface area contributed by atoms with Crippen LogP contribution in [0.3, 0.4) is 0 Å². The molecule has 2 aromatic rings. The number of anilines is 2. The molecule has 3 rings (SSSR count). The van der Waals surface area contributed by atoms with Crippen molar-refractivity contribution in [2.45, 2.75) is 17.7 Å².